The summed E-state index contributed by atoms with van der Waals surface area (Å²) in [5, 5.41) is 28.9. The number of nitrogens with zero attached hydrogens (tertiary/aromatic N) is 7. The fourth-order valence-electron chi connectivity index (χ4n) is 3.15. The molecule has 4 aromatic rings. The van der Waals surface area contributed by atoms with Crippen molar-refractivity contribution >= 4 is 34.0 Å². The normalized spacial score (nSPS) is 10.6. The van der Waals surface area contributed by atoms with Crippen molar-refractivity contribution in [3.8, 4) is 17.6 Å². The van der Waals surface area contributed by atoms with Gasteiger partial charge in [0.15, 0.2) is 11.6 Å². The molecule has 0 radical (unpaired) electrons. The van der Waals surface area contributed by atoms with E-state index in [2.05, 4.69) is 25.4 Å². The maximum atomic E-state index is 11.4. The maximum absolute atomic E-state index is 11.4. The van der Waals surface area contributed by atoms with Crippen LogP contribution in [0.1, 0.15) is 11.1 Å². The van der Waals surface area contributed by atoms with Gasteiger partial charge in [0.2, 0.25) is 11.6 Å². The van der Waals surface area contributed by atoms with E-state index in [1.54, 1.807) is 19.2 Å². The van der Waals surface area contributed by atoms with Gasteiger partial charge in [-0.25, -0.2) is 15.0 Å². The highest BCUT2D eigenvalue weighted by Crippen LogP contribution is 2.32. The first-order chi connectivity index (χ1) is 14.9. The standard InChI is InChI=1S/C19H15N9O3/c1-10-6-14(25-15-12(10)4-3-5-13(15)31-2)27-19(11(7-20)8-24-27)26-18-16(28(29)30)17(21)22-9-23-18/h3-6,8-9H,1-2H3,(H3,21,22,23,26). The van der Waals surface area contributed by atoms with Crippen LogP contribution >= 0.6 is 0 Å². The number of benzene rings is 1. The molecule has 12 nitrogen and oxygen atoms in total. The van der Waals surface area contributed by atoms with Crippen molar-refractivity contribution in [2.75, 3.05) is 18.2 Å². The minimum atomic E-state index is -0.701. The molecule has 3 N–H and O–H groups in total. The predicted octanol–water partition coefficient (Wildman–Crippen LogP) is 2.63. The molecule has 0 bridgehead atoms. The van der Waals surface area contributed by atoms with E-state index >= 15 is 0 Å². The number of hydrogen-bond donors (Lipinski definition) is 2. The summed E-state index contributed by atoms with van der Waals surface area (Å²) in [6.45, 7) is 1.91. The summed E-state index contributed by atoms with van der Waals surface area (Å²) >= 11 is 0. The molecule has 4 rings (SSSR count). The van der Waals surface area contributed by atoms with Gasteiger partial charge in [0.1, 0.15) is 29.2 Å². The molecule has 1 aromatic carbocycles. The second-order valence-corrected chi connectivity index (χ2v) is 6.42. The molecule has 0 atom stereocenters. The minimum Gasteiger partial charge on any atom is -0.494 e. The predicted molar refractivity (Wildman–Crippen MR) is 111 cm³/mol. The first kappa shape index (κ1) is 19.5. The van der Waals surface area contributed by atoms with Crippen molar-refractivity contribution < 1.29 is 9.66 Å². The lowest BCUT2D eigenvalue weighted by molar-refractivity contribution is -0.383. The van der Waals surface area contributed by atoms with E-state index in [4.69, 9.17) is 10.5 Å². The number of nitro groups is 1. The van der Waals surface area contributed by atoms with Crippen LogP contribution in [-0.2, 0) is 0 Å². The number of anilines is 3. The quantitative estimate of drug-likeness (QED) is 0.363. The SMILES string of the molecule is COc1cccc2c(C)cc(-n3ncc(C#N)c3Nc3ncnc(N)c3[N+](=O)[O-])nc12. The van der Waals surface area contributed by atoms with E-state index in [-0.39, 0.29) is 23.0 Å². The van der Waals surface area contributed by atoms with Crippen LogP contribution in [0.5, 0.6) is 5.75 Å². The molecule has 12 heteroatoms. The molecule has 0 amide bonds. The monoisotopic (exact) mass is 417 g/mol. The van der Waals surface area contributed by atoms with E-state index in [0.717, 1.165) is 17.3 Å². The van der Waals surface area contributed by atoms with Gasteiger partial charge >= 0.3 is 5.69 Å². The lowest BCUT2D eigenvalue weighted by Gasteiger charge is -2.13. The van der Waals surface area contributed by atoms with E-state index < -0.39 is 10.6 Å². The largest absolute Gasteiger partial charge is 0.494 e. The fourth-order valence-corrected chi connectivity index (χ4v) is 3.15. The summed E-state index contributed by atoms with van der Waals surface area (Å²) in [4.78, 5) is 22.9. The van der Waals surface area contributed by atoms with Gasteiger partial charge < -0.3 is 15.8 Å². The molecule has 0 fully saturated rings. The summed E-state index contributed by atoms with van der Waals surface area (Å²) in [6.07, 6.45) is 2.41. The number of nitrogens with two attached hydrogens (primary N) is 1. The van der Waals surface area contributed by atoms with E-state index in [1.807, 2.05) is 25.1 Å². The second-order valence-electron chi connectivity index (χ2n) is 6.42. The molecule has 0 spiro atoms. The molecule has 3 heterocycles. The Kier molecular flexibility index (Phi) is 4.76. The average Bonchev–Trinajstić information content (AvgIpc) is 3.15. The van der Waals surface area contributed by atoms with Crippen molar-refractivity contribution in [1.29, 1.82) is 5.26 Å². The van der Waals surface area contributed by atoms with Gasteiger partial charge in [-0.1, -0.05) is 12.1 Å². The number of para-hydroxylation sites is 1. The van der Waals surface area contributed by atoms with Gasteiger partial charge in [-0.05, 0) is 24.6 Å². The highest BCUT2D eigenvalue weighted by Gasteiger charge is 2.24. The maximum Gasteiger partial charge on any atom is 0.353 e. The molecule has 0 saturated heterocycles. The Morgan fingerprint density at radius 3 is 2.87 bits per heavy atom. The summed E-state index contributed by atoms with van der Waals surface area (Å²) in [7, 11) is 1.55. The van der Waals surface area contributed by atoms with Crippen molar-refractivity contribution in [2.24, 2.45) is 0 Å². The molecule has 0 aliphatic rings. The van der Waals surface area contributed by atoms with Gasteiger partial charge in [0, 0.05) is 5.39 Å². The zero-order valence-electron chi connectivity index (χ0n) is 16.4. The summed E-state index contributed by atoms with van der Waals surface area (Å²) in [5.74, 6) is 0.610. The molecule has 0 unspecified atom stereocenters. The van der Waals surface area contributed by atoms with Gasteiger partial charge in [0.25, 0.3) is 0 Å². The van der Waals surface area contributed by atoms with Gasteiger partial charge in [-0.2, -0.15) is 15.0 Å². The van der Waals surface area contributed by atoms with Crippen molar-refractivity contribution in [3.05, 3.63) is 58.0 Å². The summed E-state index contributed by atoms with van der Waals surface area (Å²) < 4.78 is 6.78. The van der Waals surface area contributed by atoms with Crippen LogP contribution < -0.4 is 15.8 Å². The number of aryl methyl sites for hydroxylation is 1. The number of pyridine rings is 1. The summed E-state index contributed by atoms with van der Waals surface area (Å²) in [5.41, 5.74) is 6.77. The van der Waals surface area contributed by atoms with Crippen molar-refractivity contribution in [2.45, 2.75) is 6.92 Å². The number of rotatable bonds is 5. The third-order valence-corrected chi connectivity index (χ3v) is 4.59. The lowest BCUT2D eigenvalue weighted by Crippen LogP contribution is -2.10. The Hall–Kier alpha value is -4.79. The minimum absolute atomic E-state index is 0.131. The molecule has 0 aliphatic carbocycles. The number of nitrogens with one attached hydrogen (secondary N) is 1. The molecule has 0 aliphatic heterocycles. The number of methoxy groups -OCH3 is 1. The number of hydrogen-bond acceptors (Lipinski definition) is 10. The van der Waals surface area contributed by atoms with Crippen LogP contribution in [0.4, 0.5) is 23.1 Å². The van der Waals surface area contributed by atoms with Crippen LogP contribution in [0.15, 0.2) is 36.8 Å². The molecule has 3 aromatic heterocycles. The third-order valence-electron chi connectivity index (χ3n) is 4.59. The van der Waals surface area contributed by atoms with Crippen LogP contribution in [0, 0.1) is 28.4 Å². The Morgan fingerprint density at radius 1 is 1.35 bits per heavy atom. The molecular weight excluding hydrogens is 402 g/mol. The Balaban J connectivity index is 1.91. The highest BCUT2D eigenvalue weighted by atomic mass is 16.6. The average molecular weight is 417 g/mol. The number of aromatic nitrogens is 5. The number of ether oxygens (including phenoxy) is 1. The van der Waals surface area contributed by atoms with Gasteiger partial charge in [-0.15, -0.1) is 0 Å². The molecular formula is C19H15N9O3. The summed E-state index contributed by atoms with van der Waals surface area (Å²) in [6, 6.07) is 9.35. The molecule has 0 saturated carbocycles. The Labute approximate surface area is 175 Å². The number of fused-ring (bicyclic) bond motifs is 1. The van der Waals surface area contributed by atoms with Gasteiger partial charge in [-0.3, -0.25) is 10.1 Å². The van der Waals surface area contributed by atoms with E-state index in [1.165, 1.54) is 10.9 Å². The van der Waals surface area contributed by atoms with Crippen LogP contribution in [0.3, 0.4) is 0 Å². The van der Waals surface area contributed by atoms with Crippen LogP contribution in [-0.4, -0.2) is 36.8 Å². The number of nitrogen functional groups attached to an aromatic ring is 1. The van der Waals surface area contributed by atoms with Gasteiger partial charge in [0.05, 0.1) is 18.2 Å². The Morgan fingerprint density at radius 2 is 2.16 bits per heavy atom. The van der Waals surface area contributed by atoms with Crippen LogP contribution in [0.2, 0.25) is 0 Å². The molecule has 31 heavy (non-hydrogen) atoms. The second kappa shape index (κ2) is 7.56. The topological polar surface area (TPSA) is 171 Å². The first-order valence-corrected chi connectivity index (χ1v) is 8.89. The van der Waals surface area contributed by atoms with E-state index in [0.29, 0.717) is 17.1 Å². The fraction of sp³-hybridized carbons (Fsp3) is 0.105. The zero-order valence-corrected chi connectivity index (χ0v) is 16.4. The smallest absolute Gasteiger partial charge is 0.353 e. The van der Waals surface area contributed by atoms with E-state index in [9.17, 15) is 15.4 Å². The first-order valence-electron chi connectivity index (χ1n) is 8.89. The zero-order chi connectivity index (χ0) is 22.1. The highest BCUT2D eigenvalue weighted by molar-refractivity contribution is 5.88. The lowest BCUT2D eigenvalue weighted by atomic mass is 10.1. The number of nitriles is 1. The van der Waals surface area contributed by atoms with Crippen LogP contribution in [0.25, 0.3) is 16.7 Å². The van der Waals surface area contributed by atoms with Crippen molar-refractivity contribution in [3.63, 3.8) is 0 Å². The molecule has 154 valence electrons. The third kappa shape index (κ3) is 3.29. The Bertz CT molecular complexity index is 1370. The van der Waals surface area contributed by atoms with Crippen molar-refractivity contribution in [1.82, 2.24) is 24.7 Å².